The monoisotopic (exact) mass is 515 g/mol. The Balaban J connectivity index is 1.48. The largest absolute Gasteiger partial charge is 0.208 e. The molecule has 2 heterocycles. The van der Waals surface area contributed by atoms with E-state index in [1.807, 2.05) is 18.2 Å². The van der Waals surface area contributed by atoms with Gasteiger partial charge in [-0.05, 0) is 55.9 Å². The topological polar surface area (TPSA) is 38.7 Å². The number of nitrogens with zero attached hydrogens (tertiary/aromatic N) is 3. The number of hydrogen-bond donors (Lipinski definition) is 0. The highest BCUT2D eigenvalue weighted by molar-refractivity contribution is 7.22. The molecular formula is C35H21N3S. The minimum Gasteiger partial charge on any atom is -0.208 e. The van der Waals surface area contributed by atoms with Gasteiger partial charge in [-0.15, -0.1) is 11.3 Å². The highest BCUT2D eigenvalue weighted by Gasteiger charge is 2.18. The van der Waals surface area contributed by atoms with Crippen molar-refractivity contribution in [3.63, 3.8) is 0 Å². The predicted octanol–water partition coefficient (Wildman–Crippen LogP) is 9.55. The molecule has 0 amide bonds. The zero-order valence-corrected chi connectivity index (χ0v) is 21.7. The quantitative estimate of drug-likeness (QED) is 0.174. The van der Waals surface area contributed by atoms with Crippen molar-refractivity contribution < 1.29 is 0 Å². The lowest BCUT2D eigenvalue weighted by atomic mass is 9.93. The summed E-state index contributed by atoms with van der Waals surface area (Å²) in [6.07, 6.45) is 0. The summed E-state index contributed by atoms with van der Waals surface area (Å²) >= 11 is 1.71. The summed E-state index contributed by atoms with van der Waals surface area (Å²) in [4.78, 5) is 16.3. The molecular weight excluding hydrogens is 494 g/mol. The SMILES string of the molecule is c1ccc(-c2nc(-c3cc4ccccc4s3)nc(-c3c4ccccc4cc4c3ccc3ccccc34)n2)cc1. The zero-order chi connectivity index (χ0) is 25.8. The van der Waals surface area contributed by atoms with Crippen LogP contribution in [0.2, 0.25) is 0 Å². The molecule has 2 aromatic heterocycles. The maximum absolute atomic E-state index is 5.16. The lowest BCUT2D eigenvalue weighted by Gasteiger charge is -2.14. The van der Waals surface area contributed by atoms with Crippen molar-refractivity contribution in [1.82, 2.24) is 15.0 Å². The first-order chi connectivity index (χ1) is 19.3. The summed E-state index contributed by atoms with van der Waals surface area (Å²) in [7, 11) is 0. The first-order valence-electron chi connectivity index (χ1n) is 13.0. The van der Waals surface area contributed by atoms with Gasteiger partial charge in [-0.3, -0.25) is 0 Å². The summed E-state index contributed by atoms with van der Waals surface area (Å²) in [5.41, 5.74) is 2.01. The summed E-state index contributed by atoms with van der Waals surface area (Å²) in [5, 5.41) is 8.28. The maximum Gasteiger partial charge on any atom is 0.174 e. The number of fused-ring (bicyclic) bond motifs is 5. The van der Waals surface area contributed by atoms with Gasteiger partial charge in [-0.1, -0.05) is 109 Å². The van der Waals surface area contributed by atoms with Gasteiger partial charge in [0.2, 0.25) is 0 Å². The molecule has 0 saturated heterocycles. The van der Waals surface area contributed by atoms with Crippen molar-refractivity contribution in [3.8, 4) is 33.5 Å². The Morgan fingerprint density at radius 2 is 1.08 bits per heavy atom. The second-order valence-corrected chi connectivity index (χ2v) is 10.8. The highest BCUT2D eigenvalue weighted by Crippen LogP contribution is 2.40. The van der Waals surface area contributed by atoms with Crippen LogP contribution in [0.5, 0.6) is 0 Å². The minimum absolute atomic E-state index is 0.676. The first kappa shape index (κ1) is 22.1. The van der Waals surface area contributed by atoms with Gasteiger partial charge in [0, 0.05) is 15.8 Å². The molecule has 3 nitrogen and oxygen atoms in total. The van der Waals surface area contributed by atoms with Crippen molar-refractivity contribution in [2.45, 2.75) is 0 Å². The van der Waals surface area contributed by atoms with Crippen LogP contribution in [0, 0.1) is 0 Å². The molecule has 4 heteroatoms. The summed E-state index contributed by atoms with van der Waals surface area (Å²) in [6.45, 7) is 0. The summed E-state index contributed by atoms with van der Waals surface area (Å²) < 4.78 is 1.22. The molecule has 0 aliphatic rings. The molecule has 39 heavy (non-hydrogen) atoms. The molecule has 0 atom stereocenters. The van der Waals surface area contributed by atoms with Crippen LogP contribution in [-0.2, 0) is 0 Å². The number of benzene rings is 6. The van der Waals surface area contributed by atoms with E-state index in [0.29, 0.717) is 17.5 Å². The maximum atomic E-state index is 5.16. The van der Waals surface area contributed by atoms with Crippen LogP contribution >= 0.6 is 11.3 Å². The lowest BCUT2D eigenvalue weighted by molar-refractivity contribution is 1.08. The molecule has 0 spiro atoms. The van der Waals surface area contributed by atoms with Crippen LogP contribution in [0.25, 0.3) is 75.9 Å². The number of aromatic nitrogens is 3. The molecule has 8 aromatic rings. The van der Waals surface area contributed by atoms with Gasteiger partial charge in [0.05, 0.1) is 4.88 Å². The second kappa shape index (κ2) is 8.83. The molecule has 0 aliphatic heterocycles. The van der Waals surface area contributed by atoms with E-state index in [2.05, 4.69) is 109 Å². The Labute approximate surface area is 229 Å². The van der Waals surface area contributed by atoms with Gasteiger partial charge in [0.1, 0.15) is 0 Å². The van der Waals surface area contributed by atoms with E-state index in [9.17, 15) is 0 Å². The second-order valence-electron chi connectivity index (χ2n) is 9.68. The minimum atomic E-state index is 0.676. The average molecular weight is 516 g/mol. The van der Waals surface area contributed by atoms with Crippen molar-refractivity contribution >= 4 is 53.7 Å². The van der Waals surface area contributed by atoms with Crippen LogP contribution in [0.3, 0.4) is 0 Å². The summed E-state index contributed by atoms with van der Waals surface area (Å²) in [5.74, 6) is 2.06. The fourth-order valence-electron chi connectivity index (χ4n) is 5.47. The Kier molecular flexibility index (Phi) is 5.00. The Morgan fingerprint density at radius 3 is 1.92 bits per heavy atom. The van der Waals surface area contributed by atoms with Gasteiger partial charge < -0.3 is 0 Å². The predicted molar refractivity (Wildman–Crippen MR) is 164 cm³/mol. The molecule has 0 N–H and O–H groups in total. The Bertz CT molecular complexity index is 2150. The van der Waals surface area contributed by atoms with Gasteiger partial charge in [-0.2, -0.15) is 0 Å². The lowest BCUT2D eigenvalue weighted by Crippen LogP contribution is -2.00. The average Bonchev–Trinajstić information content (AvgIpc) is 3.45. The van der Waals surface area contributed by atoms with Crippen LogP contribution in [0.4, 0.5) is 0 Å². The Morgan fingerprint density at radius 1 is 0.410 bits per heavy atom. The smallest absolute Gasteiger partial charge is 0.174 e. The fourth-order valence-corrected chi connectivity index (χ4v) is 6.46. The van der Waals surface area contributed by atoms with E-state index in [4.69, 9.17) is 15.0 Å². The van der Waals surface area contributed by atoms with E-state index in [0.717, 1.165) is 26.8 Å². The normalized spacial score (nSPS) is 11.6. The molecule has 0 bridgehead atoms. The standard InChI is InChI=1S/C35H21N3S/c1-2-11-23(12-3-1)33-36-34(31-21-25-14-6-9-17-30(25)39-31)38-35(37-33)32-27-16-8-5-13-24(27)20-29-26-15-7-4-10-22(26)18-19-28(29)32/h1-21H. The third kappa shape index (κ3) is 3.69. The molecule has 0 unspecified atom stereocenters. The van der Waals surface area contributed by atoms with Gasteiger partial charge in [-0.25, -0.2) is 15.0 Å². The van der Waals surface area contributed by atoms with Crippen LogP contribution < -0.4 is 0 Å². The van der Waals surface area contributed by atoms with E-state index >= 15 is 0 Å². The fraction of sp³-hybridized carbons (Fsp3) is 0. The van der Waals surface area contributed by atoms with Crippen molar-refractivity contribution in [2.75, 3.05) is 0 Å². The summed E-state index contributed by atoms with van der Waals surface area (Å²) in [6, 6.07) is 44.6. The van der Waals surface area contributed by atoms with E-state index in [1.54, 1.807) is 11.3 Å². The third-order valence-electron chi connectivity index (χ3n) is 7.31. The van der Waals surface area contributed by atoms with E-state index in [1.165, 1.54) is 31.6 Å². The van der Waals surface area contributed by atoms with E-state index in [-0.39, 0.29) is 0 Å². The van der Waals surface area contributed by atoms with Crippen molar-refractivity contribution in [1.29, 1.82) is 0 Å². The van der Waals surface area contributed by atoms with Crippen molar-refractivity contribution in [3.05, 3.63) is 127 Å². The number of rotatable bonds is 3. The van der Waals surface area contributed by atoms with Crippen molar-refractivity contribution in [2.24, 2.45) is 0 Å². The molecule has 0 radical (unpaired) electrons. The Hall–Kier alpha value is -4.93. The number of thiophene rings is 1. The van der Waals surface area contributed by atoms with Gasteiger partial charge >= 0.3 is 0 Å². The van der Waals surface area contributed by atoms with Crippen LogP contribution in [0.15, 0.2) is 127 Å². The highest BCUT2D eigenvalue weighted by atomic mass is 32.1. The molecule has 0 fully saturated rings. The van der Waals surface area contributed by atoms with Gasteiger partial charge in [0.25, 0.3) is 0 Å². The molecule has 0 saturated carbocycles. The third-order valence-corrected chi connectivity index (χ3v) is 8.42. The molecule has 182 valence electrons. The van der Waals surface area contributed by atoms with Crippen LogP contribution in [0.1, 0.15) is 0 Å². The zero-order valence-electron chi connectivity index (χ0n) is 20.9. The van der Waals surface area contributed by atoms with Gasteiger partial charge in [0.15, 0.2) is 17.5 Å². The molecule has 0 aliphatic carbocycles. The van der Waals surface area contributed by atoms with E-state index < -0.39 is 0 Å². The first-order valence-corrected chi connectivity index (χ1v) is 13.8. The number of hydrogen-bond acceptors (Lipinski definition) is 4. The molecule has 8 rings (SSSR count). The molecule has 6 aromatic carbocycles. The van der Waals surface area contributed by atoms with Crippen LogP contribution in [-0.4, -0.2) is 15.0 Å².